The molecule has 1 heterocycles. The third-order valence-electron chi connectivity index (χ3n) is 2.75. The number of thiazole rings is 1. The number of carbonyl (C=O) groups excluding carboxylic acids is 1. The highest BCUT2D eigenvalue weighted by Gasteiger charge is 2.09. The minimum Gasteiger partial charge on any atom is -0.399 e. The minimum absolute atomic E-state index is 0.0205. The maximum Gasteiger partial charge on any atom is 0.226 e. The second-order valence-electron chi connectivity index (χ2n) is 5.13. The fraction of sp³-hybridized carbons (Fsp3) is 0.333. The highest BCUT2D eigenvalue weighted by molar-refractivity contribution is 7.10. The molecule has 0 saturated heterocycles. The average Bonchev–Trinajstić information content (AvgIpc) is 2.85. The molecule has 0 aliphatic heterocycles. The third kappa shape index (κ3) is 4.06. The molecule has 1 aromatic carbocycles. The van der Waals surface area contributed by atoms with Crippen molar-refractivity contribution in [3.05, 3.63) is 34.7 Å². The van der Waals surface area contributed by atoms with Crippen LogP contribution in [0.5, 0.6) is 0 Å². The zero-order valence-electron chi connectivity index (χ0n) is 11.7. The maximum atomic E-state index is 11.8. The standard InChI is InChI=1S/C15H19N3OS/c1-10(2)8-17-14(19)7-15-18-13(9-20-15)11-4-3-5-12(16)6-11/h3-6,9-10H,7-8,16H2,1-2H3,(H,17,19). The lowest BCUT2D eigenvalue weighted by atomic mass is 10.1. The van der Waals surface area contributed by atoms with E-state index in [4.69, 9.17) is 5.73 Å². The Hall–Kier alpha value is -1.88. The van der Waals surface area contributed by atoms with Crippen LogP contribution >= 0.6 is 11.3 Å². The number of aromatic nitrogens is 1. The van der Waals surface area contributed by atoms with Gasteiger partial charge in [-0.15, -0.1) is 11.3 Å². The first kappa shape index (κ1) is 14.5. The number of nitrogens with zero attached hydrogens (tertiary/aromatic N) is 1. The molecule has 5 heteroatoms. The molecule has 0 radical (unpaired) electrons. The van der Waals surface area contributed by atoms with Crippen molar-refractivity contribution in [2.45, 2.75) is 20.3 Å². The highest BCUT2D eigenvalue weighted by atomic mass is 32.1. The molecule has 0 atom stereocenters. The van der Waals surface area contributed by atoms with Crippen molar-refractivity contribution >= 4 is 22.9 Å². The summed E-state index contributed by atoms with van der Waals surface area (Å²) < 4.78 is 0. The van der Waals surface area contributed by atoms with Gasteiger partial charge in [0, 0.05) is 23.2 Å². The normalized spacial score (nSPS) is 10.8. The van der Waals surface area contributed by atoms with Gasteiger partial charge in [0.2, 0.25) is 5.91 Å². The number of benzene rings is 1. The van der Waals surface area contributed by atoms with Gasteiger partial charge in [0.1, 0.15) is 5.01 Å². The molecule has 1 aromatic heterocycles. The molecule has 3 N–H and O–H groups in total. The monoisotopic (exact) mass is 289 g/mol. The lowest BCUT2D eigenvalue weighted by molar-refractivity contribution is -0.120. The summed E-state index contributed by atoms with van der Waals surface area (Å²) in [6.45, 7) is 4.84. The van der Waals surface area contributed by atoms with Crippen molar-refractivity contribution in [1.29, 1.82) is 0 Å². The largest absolute Gasteiger partial charge is 0.399 e. The van der Waals surface area contributed by atoms with Crippen LogP contribution in [0.3, 0.4) is 0 Å². The van der Waals surface area contributed by atoms with Gasteiger partial charge >= 0.3 is 0 Å². The fourth-order valence-corrected chi connectivity index (χ4v) is 2.54. The molecule has 2 aromatic rings. The van der Waals surface area contributed by atoms with E-state index < -0.39 is 0 Å². The number of amides is 1. The van der Waals surface area contributed by atoms with E-state index in [1.807, 2.05) is 29.6 Å². The van der Waals surface area contributed by atoms with Crippen molar-refractivity contribution in [1.82, 2.24) is 10.3 Å². The van der Waals surface area contributed by atoms with Gasteiger partial charge in [-0.1, -0.05) is 26.0 Å². The smallest absolute Gasteiger partial charge is 0.226 e. The number of hydrogen-bond acceptors (Lipinski definition) is 4. The molecule has 0 fully saturated rings. The molecule has 0 unspecified atom stereocenters. The molecule has 1 amide bonds. The number of carbonyl (C=O) groups is 1. The molecule has 0 saturated carbocycles. The second-order valence-corrected chi connectivity index (χ2v) is 6.07. The van der Waals surface area contributed by atoms with Gasteiger partial charge in [-0.2, -0.15) is 0 Å². The van der Waals surface area contributed by atoms with Gasteiger partial charge in [-0.05, 0) is 18.1 Å². The topological polar surface area (TPSA) is 68.0 Å². The molecule has 0 aliphatic carbocycles. The summed E-state index contributed by atoms with van der Waals surface area (Å²) in [6, 6.07) is 7.60. The number of rotatable bonds is 5. The van der Waals surface area contributed by atoms with Gasteiger partial charge in [-0.25, -0.2) is 4.98 Å². The molecule has 4 nitrogen and oxygen atoms in total. The van der Waals surface area contributed by atoms with Gasteiger partial charge in [0.15, 0.2) is 0 Å². The summed E-state index contributed by atoms with van der Waals surface area (Å²) in [7, 11) is 0. The lowest BCUT2D eigenvalue weighted by Gasteiger charge is -2.05. The number of anilines is 1. The first-order valence-corrected chi connectivity index (χ1v) is 7.49. The summed E-state index contributed by atoms with van der Waals surface area (Å²) in [5.41, 5.74) is 8.33. The first-order valence-electron chi connectivity index (χ1n) is 6.61. The van der Waals surface area contributed by atoms with Gasteiger partial charge in [-0.3, -0.25) is 4.79 Å². The first-order chi connectivity index (χ1) is 9.54. The van der Waals surface area contributed by atoms with Gasteiger partial charge < -0.3 is 11.1 Å². The number of nitrogens with one attached hydrogen (secondary N) is 1. The van der Waals surface area contributed by atoms with Crippen molar-refractivity contribution < 1.29 is 4.79 Å². The third-order valence-corrected chi connectivity index (χ3v) is 3.60. The van der Waals surface area contributed by atoms with Crippen molar-refractivity contribution in [2.24, 2.45) is 5.92 Å². The van der Waals surface area contributed by atoms with Crippen LogP contribution in [0, 0.1) is 5.92 Å². The van der Waals surface area contributed by atoms with Crippen molar-refractivity contribution in [2.75, 3.05) is 12.3 Å². The summed E-state index contributed by atoms with van der Waals surface area (Å²) in [5.74, 6) is 0.477. The Labute approximate surface area is 123 Å². The van der Waals surface area contributed by atoms with Crippen LogP contribution in [0.15, 0.2) is 29.6 Å². The number of hydrogen-bond donors (Lipinski definition) is 2. The van der Waals surface area contributed by atoms with Crippen LogP contribution < -0.4 is 11.1 Å². The summed E-state index contributed by atoms with van der Waals surface area (Å²) >= 11 is 1.50. The van der Waals surface area contributed by atoms with Crippen molar-refractivity contribution in [3.63, 3.8) is 0 Å². The Bertz CT molecular complexity index is 592. The zero-order valence-corrected chi connectivity index (χ0v) is 12.5. The molecule has 20 heavy (non-hydrogen) atoms. The van der Waals surface area contributed by atoms with Crippen LogP contribution in [0.25, 0.3) is 11.3 Å². The summed E-state index contributed by atoms with van der Waals surface area (Å²) in [5, 5.41) is 5.68. The number of nitrogen functional groups attached to an aromatic ring is 1. The Morgan fingerprint density at radius 2 is 2.25 bits per heavy atom. The van der Waals surface area contributed by atoms with Gasteiger partial charge in [0.05, 0.1) is 12.1 Å². The van der Waals surface area contributed by atoms with E-state index in [0.29, 0.717) is 24.6 Å². The average molecular weight is 289 g/mol. The minimum atomic E-state index is 0.0205. The highest BCUT2D eigenvalue weighted by Crippen LogP contribution is 2.23. The maximum absolute atomic E-state index is 11.8. The van der Waals surface area contributed by atoms with Crippen LogP contribution in [0.2, 0.25) is 0 Å². The molecule has 0 bridgehead atoms. The van der Waals surface area contributed by atoms with E-state index in [9.17, 15) is 4.79 Å². The molecule has 106 valence electrons. The molecular weight excluding hydrogens is 270 g/mol. The zero-order chi connectivity index (χ0) is 14.5. The van der Waals surface area contributed by atoms with E-state index >= 15 is 0 Å². The van der Waals surface area contributed by atoms with E-state index in [-0.39, 0.29) is 5.91 Å². The lowest BCUT2D eigenvalue weighted by Crippen LogP contribution is -2.28. The van der Waals surface area contributed by atoms with E-state index in [1.54, 1.807) is 0 Å². The summed E-state index contributed by atoms with van der Waals surface area (Å²) in [6.07, 6.45) is 0.333. The quantitative estimate of drug-likeness (QED) is 0.832. The molecule has 2 rings (SSSR count). The van der Waals surface area contributed by atoms with Gasteiger partial charge in [0.25, 0.3) is 0 Å². The van der Waals surface area contributed by atoms with Crippen LogP contribution in [-0.4, -0.2) is 17.4 Å². The second kappa shape index (κ2) is 6.52. The van der Waals surface area contributed by atoms with E-state index in [2.05, 4.69) is 24.1 Å². The predicted molar refractivity (Wildman–Crippen MR) is 83.5 cm³/mol. The fourth-order valence-electron chi connectivity index (χ4n) is 1.74. The summed E-state index contributed by atoms with van der Waals surface area (Å²) in [4.78, 5) is 16.2. The Kier molecular flexibility index (Phi) is 4.74. The predicted octanol–water partition coefficient (Wildman–Crippen LogP) is 2.71. The SMILES string of the molecule is CC(C)CNC(=O)Cc1nc(-c2cccc(N)c2)cs1. The van der Waals surface area contributed by atoms with Crippen LogP contribution in [-0.2, 0) is 11.2 Å². The van der Waals surface area contributed by atoms with Crippen molar-refractivity contribution in [3.8, 4) is 11.3 Å². The molecule has 0 spiro atoms. The van der Waals surface area contributed by atoms with Crippen LogP contribution in [0.4, 0.5) is 5.69 Å². The molecular formula is C15H19N3OS. The van der Waals surface area contributed by atoms with Crippen LogP contribution in [0.1, 0.15) is 18.9 Å². The Balaban J connectivity index is 2.00. The number of nitrogens with two attached hydrogens (primary N) is 1. The Morgan fingerprint density at radius 1 is 1.45 bits per heavy atom. The molecule has 0 aliphatic rings. The van der Waals surface area contributed by atoms with E-state index in [1.165, 1.54) is 11.3 Å². The Morgan fingerprint density at radius 3 is 2.95 bits per heavy atom. The van der Waals surface area contributed by atoms with E-state index in [0.717, 1.165) is 16.3 Å².